The van der Waals surface area contributed by atoms with Crippen molar-refractivity contribution in [2.24, 2.45) is 0 Å². The predicted octanol–water partition coefficient (Wildman–Crippen LogP) is 19.4. The topological polar surface area (TPSA) is 78.9 Å². The van der Waals surface area contributed by atoms with Crippen LogP contribution in [0.5, 0.6) is 0 Å². The van der Waals surface area contributed by atoms with E-state index in [2.05, 4.69) is 87.6 Å². The number of hydrogen-bond acceptors (Lipinski definition) is 6. The first kappa shape index (κ1) is 64.8. The van der Waals surface area contributed by atoms with Gasteiger partial charge in [0.1, 0.15) is 13.2 Å². The van der Waals surface area contributed by atoms with Crippen molar-refractivity contribution in [3.8, 4) is 0 Å². The van der Waals surface area contributed by atoms with Crippen LogP contribution in [0.3, 0.4) is 0 Å². The van der Waals surface area contributed by atoms with E-state index in [1.165, 1.54) is 167 Å². The molecule has 0 rings (SSSR count). The van der Waals surface area contributed by atoms with E-state index in [1.807, 2.05) is 6.08 Å². The highest BCUT2D eigenvalue weighted by molar-refractivity contribution is 5.71. The van der Waals surface area contributed by atoms with E-state index in [0.717, 1.165) is 70.6 Å². The first-order chi connectivity index (χ1) is 33.5. The Labute approximate surface area is 421 Å². The summed E-state index contributed by atoms with van der Waals surface area (Å²) in [6.07, 6.45) is 71.9. The van der Waals surface area contributed by atoms with Crippen molar-refractivity contribution >= 4 is 17.9 Å². The summed E-state index contributed by atoms with van der Waals surface area (Å²) in [6, 6.07) is 0. The fourth-order valence-electron chi connectivity index (χ4n) is 8.07. The summed E-state index contributed by atoms with van der Waals surface area (Å²) in [5.74, 6) is -0.982. The van der Waals surface area contributed by atoms with Gasteiger partial charge in [0.2, 0.25) is 0 Å². The first-order valence-corrected chi connectivity index (χ1v) is 29.0. The van der Waals surface area contributed by atoms with E-state index in [0.29, 0.717) is 19.3 Å². The normalized spacial score (nSPS) is 12.6. The van der Waals surface area contributed by atoms with Crippen molar-refractivity contribution in [1.29, 1.82) is 0 Å². The van der Waals surface area contributed by atoms with Crippen LogP contribution in [0.15, 0.2) is 72.9 Å². The molecule has 0 saturated carbocycles. The van der Waals surface area contributed by atoms with Crippen LogP contribution in [0.2, 0.25) is 0 Å². The summed E-state index contributed by atoms with van der Waals surface area (Å²) in [5, 5.41) is 0. The van der Waals surface area contributed by atoms with Gasteiger partial charge in [0.25, 0.3) is 0 Å². The number of carbonyl (C=O) groups is 3. The second-order valence-electron chi connectivity index (χ2n) is 19.3. The van der Waals surface area contributed by atoms with E-state index >= 15 is 0 Å². The van der Waals surface area contributed by atoms with Crippen LogP contribution in [0.25, 0.3) is 0 Å². The van der Waals surface area contributed by atoms with E-state index in [9.17, 15) is 14.4 Å². The lowest BCUT2D eigenvalue weighted by Gasteiger charge is -2.18. The standard InChI is InChI=1S/C62H108O6/c1-4-7-10-13-16-19-22-25-27-29-31-33-34-37-40-43-46-49-52-55-61(64)67-58-59(57-66-60(63)54-51-48-45-42-39-36-24-21-18-15-12-9-6-3)68-62(65)56-53-50-47-44-41-38-35-32-30-28-26-23-20-17-14-11-8-5-2/h16,19,22,25,28,30,32,35-36,39,45,48,59H,4-15,17-18,20-21,23-24,26-27,29,31,33-34,37-38,40-44,46-47,49-58H2,1-3H3/b19-16-,25-22-,30-28-,35-32-,39-36-,48-45-. The van der Waals surface area contributed by atoms with Crippen molar-refractivity contribution in [2.45, 2.75) is 290 Å². The van der Waals surface area contributed by atoms with Gasteiger partial charge in [-0.1, -0.05) is 248 Å². The van der Waals surface area contributed by atoms with Crippen molar-refractivity contribution in [2.75, 3.05) is 13.2 Å². The SMILES string of the molecule is CCCCC/C=C\C=C/CCCCCCCCCCCCC(=O)OCC(COC(=O)CC/C=C\C/C=C\CCCCCCCC)OC(=O)CCCCCCC/C=C\C=C/CCCCCCCCC. The predicted molar refractivity (Wildman–Crippen MR) is 293 cm³/mol. The number of allylic oxidation sites excluding steroid dienone is 12. The third-order valence-electron chi connectivity index (χ3n) is 12.5. The summed E-state index contributed by atoms with van der Waals surface area (Å²) >= 11 is 0. The molecule has 0 aliphatic heterocycles. The zero-order chi connectivity index (χ0) is 49.3. The molecule has 0 aliphatic carbocycles. The maximum Gasteiger partial charge on any atom is 0.306 e. The van der Waals surface area contributed by atoms with Crippen LogP contribution in [0.4, 0.5) is 0 Å². The lowest BCUT2D eigenvalue weighted by Crippen LogP contribution is -2.30. The molecule has 0 aromatic heterocycles. The maximum atomic E-state index is 12.8. The average Bonchev–Trinajstić information content (AvgIpc) is 3.34. The summed E-state index contributed by atoms with van der Waals surface area (Å²) in [6.45, 7) is 6.55. The molecular weight excluding hydrogens is 841 g/mol. The molecule has 0 heterocycles. The van der Waals surface area contributed by atoms with E-state index in [4.69, 9.17) is 14.2 Å². The number of ether oxygens (including phenoxy) is 3. The van der Waals surface area contributed by atoms with Gasteiger partial charge in [0.05, 0.1) is 0 Å². The van der Waals surface area contributed by atoms with Crippen molar-refractivity contribution in [1.82, 2.24) is 0 Å². The fraction of sp³-hybridized carbons (Fsp3) is 0.758. The van der Waals surface area contributed by atoms with Crippen molar-refractivity contribution in [3.63, 3.8) is 0 Å². The molecule has 1 unspecified atom stereocenters. The van der Waals surface area contributed by atoms with Gasteiger partial charge < -0.3 is 14.2 Å². The van der Waals surface area contributed by atoms with Crippen LogP contribution < -0.4 is 0 Å². The summed E-state index contributed by atoms with van der Waals surface area (Å²) in [4.78, 5) is 38.1. The zero-order valence-electron chi connectivity index (χ0n) is 44.9. The molecule has 392 valence electrons. The van der Waals surface area contributed by atoms with Crippen LogP contribution in [-0.2, 0) is 28.6 Å². The van der Waals surface area contributed by atoms with Gasteiger partial charge in [-0.15, -0.1) is 0 Å². The molecule has 0 radical (unpaired) electrons. The highest BCUT2D eigenvalue weighted by Crippen LogP contribution is 2.15. The molecule has 6 nitrogen and oxygen atoms in total. The highest BCUT2D eigenvalue weighted by Gasteiger charge is 2.19. The Morgan fingerprint density at radius 2 is 0.603 bits per heavy atom. The smallest absolute Gasteiger partial charge is 0.306 e. The number of rotatable bonds is 52. The second kappa shape index (κ2) is 56.4. The minimum atomic E-state index is -0.808. The Hall–Kier alpha value is -3.15. The molecular formula is C62H108O6. The number of carbonyl (C=O) groups excluding carboxylic acids is 3. The maximum absolute atomic E-state index is 12.8. The lowest BCUT2D eigenvalue weighted by atomic mass is 10.1. The van der Waals surface area contributed by atoms with Crippen LogP contribution in [-0.4, -0.2) is 37.2 Å². The first-order valence-electron chi connectivity index (χ1n) is 29.0. The van der Waals surface area contributed by atoms with Gasteiger partial charge in [-0.05, 0) is 89.9 Å². The van der Waals surface area contributed by atoms with E-state index in [-0.39, 0.29) is 37.5 Å². The molecule has 1 atom stereocenters. The third-order valence-corrected chi connectivity index (χ3v) is 12.5. The summed E-state index contributed by atoms with van der Waals surface area (Å²) < 4.78 is 16.8. The van der Waals surface area contributed by atoms with Crippen LogP contribution in [0.1, 0.15) is 284 Å². The van der Waals surface area contributed by atoms with Gasteiger partial charge in [0, 0.05) is 19.3 Å². The molecule has 0 spiro atoms. The molecule has 68 heavy (non-hydrogen) atoms. The molecule has 0 aliphatic rings. The molecule has 6 heteroatoms. The Bertz CT molecular complexity index is 1270. The van der Waals surface area contributed by atoms with Gasteiger partial charge in [0.15, 0.2) is 6.10 Å². The molecule has 0 fully saturated rings. The zero-order valence-corrected chi connectivity index (χ0v) is 44.9. The molecule has 0 bridgehead atoms. The fourth-order valence-corrected chi connectivity index (χ4v) is 8.07. The van der Waals surface area contributed by atoms with Crippen molar-refractivity contribution in [3.05, 3.63) is 72.9 Å². The Morgan fingerprint density at radius 3 is 1.01 bits per heavy atom. The Kier molecular flexibility index (Phi) is 53.8. The quantitative estimate of drug-likeness (QED) is 0.0199. The molecule has 0 aromatic rings. The Morgan fingerprint density at radius 1 is 0.309 bits per heavy atom. The minimum absolute atomic E-state index is 0.100. The minimum Gasteiger partial charge on any atom is -0.462 e. The van der Waals surface area contributed by atoms with Gasteiger partial charge in [-0.2, -0.15) is 0 Å². The molecule has 0 aromatic carbocycles. The van der Waals surface area contributed by atoms with Crippen LogP contribution >= 0.6 is 0 Å². The van der Waals surface area contributed by atoms with Crippen molar-refractivity contribution < 1.29 is 28.6 Å². The van der Waals surface area contributed by atoms with E-state index in [1.54, 1.807) is 0 Å². The lowest BCUT2D eigenvalue weighted by molar-refractivity contribution is -0.166. The summed E-state index contributed by atoms with van der Waals surface area (Å²) in [5.41, 5.74) is 0. The third kappa shape index (κ3) is 53.8. The number of hydrogen-bond donors (Lipinski definition) is 0. The van der Waals surface area contributed by atoms with Crippen LogP contribution in [0, 0.1) is 0 Å². The van der Waals surface area contributed by atoms with E-state index < -0.39 is 6.10 Å². The molecule has 0 saturated heterocycles. The second-order valence-corrected chi connectivity index (χ2v) is 19.3. The Balaban J connectivity index is 4.43. The number of esters is 3. The van der Waals surface area contributed by atoms with Gasteiger partial charge in [-0.3, -0.25) is 14.4 Å². The molecule has 0 N–H and O–H groups in total. The number of unbranched alkanes of at least 4 members (excludes halogenated alkanes) is 31. The largest absolute Gasteiger partial charge is 0.462 e. The monoisotopic (exact) mass is 949 g/mol. The molecule has 0 amide bonds. The van der Waals surface area contributed by atoms with Gasteiger partial charge >= 0.3 is 17.9 Å². The highest BCUT2D eigenvalue weighted by atomic mass is 16.6. The summed E-state index contributed by atoms with van der Waals surface area (Å²) in [7, 11) is 0. The average molecular weight is 950 g/mol. The van der Waals surface area contributed by atoms with Gasteiger partial charge in [-0.25, -0.2) is 0 Å².